The maximum Gasteiger partial charge on any atom is 0.239 e. The van der Waals surface area contributed by atoms with Gasteiger partial charge in [0, 0.05) is 27.9 Å². The molecule has 0 aliphatic heterocycles. The second-order valence-corrected chi connectivity index (χ2v) is 10.2. The van der Waals surface area contributed by atoms with E-state index < -0.39 is 0 Å². The number of nitrogens with zero attached hydrogens (tertiary/aromatic N) is 1. The molecule has 168 valence electrons. The first-order valence-electron chi connectivity index (χ1n) is 10.1. The molecule has 32 heavy (non-hydrogen) atoms. The third-order valence-electron chi connectivity index (χ3n) is 4.53. The summed E-state index contributed by atoms with van der Waals surface area (Å²) in [6.07, 6.45) is 2.38. The van der Waals surface area contributed by atoms with Crippen molar-refractivity contribution >= 4 is 68.9 Å². The van der Waals surface area contributed by atoms with E-state index in [1.807, 2.05) is 42.6 Å². The van der Waals surface area contributed by atoms with Crippen molar-refractivity contribution in [3.8, 4) is 11.3 Å². The van der Waals surface area contributed by atoms with E-state index in [-0.39, 0.29) is 17.1 Å². The lowest BCUT2D eigenvalue weighted by Crippen LogP contribution is -2.22. The van der Waals surface area contributed by atoms with Gasteiger partial charge in [-0.2, -0.15) is 0 Å². The van der Waals surface area contributed by atoms with Crippen LogP contribution in [0.1, 0.15) is 33.1 Å². The van der Waals surface area contributed by atoms with Crippen molar-refractivity contribution in [2.75, 3.05) is 10.6 Å². The molecule has 3 aromatic rings. The van der Waals surface area contributed by atoms with Crippen molar-refractivity contribution in [3.63, 3.8) is 0 Å². The van der Waals surface area contributed by atoms with Gasteiger partial charge in [0.15, 0.2) is 5.13 Å². The smallest absolute Gasteiger partial charge is 0.239 e. The number of anilines is 2. The number of hydrogen-bond acceptors (Lipinski definition) is 5. The molecule has 3 rings (SSSR count). The summed E-state index contributed by atoms with van der Waals surface area (Å²) >= 11 is 14.8. The van der Waals surface area contributed by atoms with Crippen LogP contribution in [0, 0.1) is 0 Å². The number of amides is 2. The summed E-state index contributed by atoms with van der Waals surface area (Å²) in [6, 6.07) is 12.8. The summed E-state index contributed by atoms with van der Waals surface area (Å²) in [7, 11) is 0. The number of thioether (sulfide) groups is 1. The van der Waals surface area contributed by atoms with E-state index in [4.69, 9.17) is 23.2 Å². The van der Waals surface area contributed by atoms with Crippen LogP contribution in [0.3, 0.4) is 0 Å². The monoisotopic (exact) mass is 507 g/mol. The molecule has 5 nitrogen and oxygen atoms in total. The van der Waals surface area contributed by atoms with Crippen LogP contribution in [-0.4, -0.2) is 22.0 Å². The maximum atomic E-state index is 12.6. The third kappa shape index (κ3) is 6.97. The first-order chi connectivity index (χ1) is 15.4. The average Bonchev–Trinajstić information content (AvgIpc) is 3.24. The highest BCUT2D eigenvalue weighted by atomic mass is 35.5. The number of benzene rings is 2. The van der Waals surface area contributed by atoms with Gasteiger partial charge < -0.3 is 10.6 Å². The lowest BCUT2D eigenvalue weighted by molar-refractivity contribution is -0.116. The number of aromatic nitrogens is 1. The second kappa shape index (κ2) is 11.7. The number of unbranched alkanes of at least 4 members (excludes halogenated alkanes) is 1. The van der Waals surface area contributed by atoms with E-state index in [9.17, 15) is 9.59 Å². The molecule has 2 N–H and O–H groups in total. The van der Waals surface area contributed by atoms with Crippen molar-refractivity contribution in [2.45, 2.75) is 43.3 Å². The van der Waals surface area contributed by atoms with Crippen LogP contribution in [0.5, 0.6) is 0 Å². The number of halogens is 2. The maximum absolute atomic E-state index is 12.6. The van der Waals surface area contributed by atoms with Gasteiger partial charge in [-0.3, -0.25) is 9.59 Å². The molecule has 0 fully saturated rings. The zero-order valence-electron chi connectivity index (χ0n) is 17.7. The van der Waals surface area contributed by atoms with Crippen LogP contribution in [0.25, 0.3) is 11.3 Å². The third-order valence-corrected chi connectivity index (χ3v) is 7.14. The van der Waals surface area contributed by atoms with Crippen LogP contribution in [0.15, 0.2) is 52.7 Å². The average molecular weight is 508 g/mol. The summed E-state index contributed by atoms with van der Waals surface area (Å²) in [4.78, 5) is 29.9. The lowest BCUT2D eigenvalue weighted by Gasteiger charge is -2.11. The van der Waals surface area contributed by atoms with Gasteiger partial charge in [-0.05, 0) is 49.7 Å². The molecule has 0 aliphatic rings. The van der Waals surface area contributed by atoms with Crippen molar-refractivity contribution in [2.24, 2.45) is 0 Å². The fraction of sp³-hybridized carbons (Fsp3) is 0.261. The van der Waals surface area contributed by atoms with Crippen LogP contribution < -0.4 is 10.6 Å². The van der Waals surface area contributed by atoms with Gasteiger partial charge in [0.05, 0.1) is 21.0 Å². The molecule has 2 amide bonds. The molecule has 1 atom stereocenters. The molecule has 0 spiro atoms. The summed E-state index contributed by atoms with van der Waals surface area (Å²) in [5, 5.41) is 8.75. The Morgan fingerprint density at radius 3 is 2.53 bits per heavy atom. The van der Waals surface area contributed by atoms with Crippen LogP contribution in [0.2, 0.25) is 10.0 Å². The molecular weight excluding hydrogens is 485 g/mol. The van der Waals surface area contributed by atoms with Crippen molar-refractivity contribution in [1.82, 2.24) is 4.98 Å². The molecule has 1 unspecified atom stereocenters. The van der Waals surface area contributed by atoms with E-state index in [1.165, 1.54) is 23.1 Å². The van der Waals surface area contributed by atoms with Crippen molar-refractivity contribution in [3.05, 3.63) is 57.9 Å². The van der Waals surface area contributed by atoms with Crippen LogP contribution in [-0.2, 0) is 9.59 Å². The van der Waals surface area contributed by atoms with Gasteiger partial charge in [-0.1, -0.05) is 42.6 Å². The van der Waals surface area contributed by atoms with E-state index in [0.29, 0.717) is 21.6 Å². The number of carbonyl (C=O) groups excluding carboxylic acids is 2. The Bertz CT molecular complexity index is 1090. The molecule has 1 aromatic heterocycles. The first-order valence-corrected chi connectivity index (χ1v) is 12.7. The van der Waals surface area contributed by atoms with E-state index in [0.717, 1.165) is 34.7 Å². The number of carbonyl (C=O) groups is 2. The number of nitrogens with one attached hydrogen (secondary N) is 2. The van der Waals surface area contributed by atoms with E-state index in [1.54, 1.807) is 12.1 Å². The highest BCUT2D eigenvalue weighted by Crippen LogP contribution is 2.31. The first kappa shape index (κ1) is 24.6. The molecule has 1 heterocycles. The van der Waals surface area contributed by atoms with Gasteiger partial charge in [0.25, 0.3) is 0 Å². The minimum absolute atomic E-state index is 0.0173. The van der Waals surface area contributed by atoms with Gasteiger partial charge >= 0.3 is 0 Å². The SMILES string of the molecule is CCCCC(=O)Nc1ccc(SC(C)C(=O)Nc2nc(-c3ccc(Cl)c(Cl)c3)cs2)cc1. The predicted octanol–water partition coefficient (Wildman–Crippen LogP) is 7.36. The Labute approximate surface area is 205 Å². The van der Waals surface area contributed by atoms with Gasteiger partial charge in [-0.15, -0.1) is 23.1 Å². The molecular formula is C23H23Cl2N3O2S2. The fourth-order valence-corrected chi connectivity index (χ4v) is 4.65. The number of rotatable bonds is 9. The zero-order chi connectivity index (χ0) is 23.1. The van der Waals surface area contributed by atoms with Crippen molar-refractivity contribution in [1.29, 1.82) is 0 Å². The van der Waals surface area contributed by atoms with Crippen molar-refractivity contribution < 1.29 is 9.59 Å². The Balaban J connectivity index is 1.54. The summed E-state index contributed by atoms with van der Waals surface area (Å²) in [5.74, 6) is -0.120. The molecule has 2 aromatic carbocycles. The Morgan fingerprint density at radius 2 is 1.84 bits per heavy atom. The minimum Gasteiger partial charge on any atom is -0.326 e. The highest BCUT2D eigenvalue weighted by molar-refractivity contribution is 8.00. The van der Waals surface area contributed by atoms with Gasteiger partial charge in [0.1, 0.15) is 0 Å². The Kier molecular flexibility index (Phi) is 8.99. The molecule has 0 bridgehead atoms. The van der Waals surface area contributed by atoms with E-state index >= 15 is 0 Å². The molecule has 0 saturated heterocycles. The second-order valence-electron chi connectivity index (χ2n) is 7.09. The summed E-state index contributed by atoms with van der Waals surface area (Å²) in [6.45, 7) is 3.90. The van der Waals surface area contributed by atoms with Gasteiger partial charge in [0.2, 0.25) is 11.8 Å². The zero-order valence-corrected chi connectivity index (χ0v) is 20.8. The Morgan fingerprint density at radius 1 is 1.09 bits per heavy atom. The molecule has 0 radical (unpaired) electrons. The Hall–Kier alpha value is -2.06. The quantitative estimate of drug-likeness (QED) is 0.296. The molecule has 0 aliphatic carbocycles. The topological polar surface area (TPSA) is 71.1 Å². The van der Waals surface area contributed by atoms with Gasteiger partial charge in [-0.25, -0.2) is 4.98 Å². The summed E-state index contributed by atoms with van der Waals surface area (Å²) in [5.41, 5.74) is 2.31. The lowest BCUT2D eigenvalue weighted by atomic mass is 10.2. The standard InChI is InChI=1S/C23H23Cl2N3O2S2/c1-3-4-5-21(29)26-16-7-9-17(10-8-16)32-14(2)22(30)28-23-27-20(13-31-23)15-6-11-18(24)19(25)12-15/h6-14H,3-5H2,1-2H3,(H,26,29)(H,27,28,30). The summed E-state index contributed by atoms with van der Waals surface area (Å²) < 4.78 is 0. The minimum atomic E-state index is -0.322. The van der Waals surface area contributed by atoms with Crippen LogP contribution in [0.4, 0.5) is 10.8 Å². The van der Waals surface area contributed by atoms with Crippen LogP contribution >= 0.6 is 46.3 Å². The fourth-order valence-electron chi connectivity index (χ4n) is 2.76. The highest BCUT2D eigenvalue weighted by Gasteiger charge is 2.17. The largest absolute Gasteiger partial charge is 0.326 e. The molecule has 9 heteroatoms. The normalized spacial score (nSPS) is 11.8. The molecule has 0 saturated carbocycles. The number of thiazole rings is 1. The van der Waals surface area contributed by atoms with E-state index in [2.05, 4.69) is 22.5 Å². The predicted molar refractivity (Wildman–Crippen MR) is 136 cm³/mol. The number of hydrogen-bond donors (Lipinski definition) is 2.